The molecule has 0 spiro atoms. The maximum Gasteiger partial charge on any atom is 0.243 e. The Kier molecular flexibility index (Phi) is 4.15. The number of sulfonamides is 1. The lowest BCUT2D eigenvalue weighted by Gasteiger charge is -2.18. The first-order valence-electron chi connectivity index (χ1n) is 9.69. The van der Waals surface area contributed by atoms with E-state index in [0.29, 0.717) is 35.2 Å². The van der Waals surface area contributed by atoms with Gasteiger partial charge in [-0.3, -0.25) is 0 Å². The summed E-state index contributed by atoms with van der Waals surface area (Å²) in [6, 6.07) is 13.4. The summed E-state index contributed by atoms with van der Waals surface area (Å²) in [5.74, 6) is 0.684. The van der Waals surface area contributed by atoms with Crippen LogP contribution in [0, 0.1) is 13.8 Å². The van der Waals surface area contributed by atoms with Gasteiger partial charge in [-0.05, 0) is 38.3 Å². The van der Waals surface area contributed by atoms with E-state index in [2.05, 4.69) is 10.2 Å². The van der Waals surface area contributed by atoms with Crippen LogP contribution in [0.15, 0.2) is 47.4 Å². The van der Waals surface area contributed by atoms with Crippen LogP contribution in [0.3, 0.4) is 0 Å². The van der Waals surface area contributed by atoms with Crippen molar-refractivity contribution in [1.82, 2.24) is 24.1 Å². The summed E-state index contributed by atoms with van der Waals surface area (Å²) in [6.45, 7) is 4.85. The lowest BCUT2D eigenvalue weighted by molar-refractivity contribution is 0.477. The zero-order chi connectivity index (χ0) is 20.2. The highest BCUT2D eigenvalue weighted by atomic mass is 32.2. The van der Waals surface area contributed by atoms with Gasteiger partial charge in [-0.15, -0.1) is 10.2 Å². The van der Waals surface area contributed by atoms with Gasteiger partial charge in [-0.1, -0.05) is 36.4 Å². The Morgan fingerprint density at radius 2 is 1.66 bits per heavy atom. The molecule has 0 saturated carbocycles. The molecule has 2 aromatic heterocycles. The number of hydrogen-bond acceptors (Lipinski definition) is 5. The van der Waals surface area contributed by atoms with Crippen LogP contribution in [-0.2, 0) is 10.0 Å². The van der Waals surface area contributed by atoms with Crippen molar-refractivity contribution in [3.8, 4) is 11.3 Å². The molecule has 0 radical (unpaired) electrons. The molecule has 1 aliphatic rings. The molecule has 8 heteroatoms. The molecule has 29 heavy (non-hydrogen) atoms. The molecular formula is C21H21N5O2S. The standard InChI is InChI=1S/C21H21N5O2S/c1-14-9-10-16(13-19(14)29(27,28)25-11-5-6-12-25)20-17-7-3-4-8-18(17)21-23-22-15(2)26(21)24-20/h3-4,7-10,13H,5-6,11-12H2,1-2H3. The maximum atomic E-state index is 13.2. The minimum atomic E-state index is -3.52. The molecule has 148 valence electrons. The molecule has 7 nitrogen and oxygen atoms in total. The fourth-order valence-electron chi connectivity index (χ4n) is 3.99. The van der Waals surface area contributed by atoms with Gasteiger partial charge in [0.05, 0.1) is 10.6 Å². The van der Waals surface area contributed by atoms with E-state index in [1.807, 2.05) is 50.2 Å². The third-order valence-electron chi connectivity index (χ3n) is 5.56. The van der Waals surface area contributed by atoms with Gasteiger partial charge in [0.15, 0.2) is 11.5 Å². The minimum Gasteiger partial charge on any atom is -0.207 e. The van der Waals surface area contributed by atoms with Crippen LogP contribution in [0.25, 0.3) is 27.7 Å². The van der Waals surface area contributed by atoms with Gasteiger partial charge < -0.3 is 0 Å². The van der Waals surface area contributed by atoms with Gasteiger partial charge >= 0.3 is 0 Å². The first kappa shape index (κ1) is 18.2. The fraction of sp³-hybridized carbons (Fsp3) is 0.286. The quantitative estimate of drug-likeness (QED) is 0.520. The van der Waals surface area contributed by atoms with E-state index in [9.17, 15) is 8.42 Å². The van der Waals surface area contributed by atoms with Gasteiger partial charge in [0, 0.05) is 29.4 Å². The number of aryl methyl sites for hydroxylation is 2. The molecular weight excluding hydrogens is 386 g/mol. The summed E-state index contributed by atoms with van der Waals surface area (Å²) >= 11 is 0. The van der Waals surface area contributed by atoms with Crippen molar-refractivity contribution < 1.29 is 8.42 Å². The predicted molar refractivity (Wildman–Crippen MR) is 111 cm³/mol. The lowest BCUT2D eigenvalue weighted by Crippen LogP contribution is -2.28. The Morgan fingerprint density at radius 1 is 0.931 bits per heavy atom. The normalized spacial score (nSPS) is 15.5. The fourth-order valence-corrected chi connectivity index (χ4v) is 5.76. The number of rotatable bonds is 3. The summed E-state index contributed by atoms with van der Waals surface area (Å²) in [5.41, 5.74) is 2.92. The van der Waals surface area contributed by atoms with Crippen molar-refractivity contribution in [3.63, 3.8) is 0 Å². The van der Waals surface area contributed by atoms with E-state index in [1.54, 1.807) is 14.9 Å². The number of fused-ring (bicyclic) bond motifs is 3. The van der Waals surface area contributed by atoms with Gasteiger partial charge in [0.1, 0.15) is 0 Å². The molecule has 0 aliphatic carbocycles. The monoisotopic (exact) mass is 407 g/mol. The third-order valence-corrected chi connectivity index (χ3v) is 7.60. The highest BCUT2D eigenvalue weighted by molar-refractivity contribution is 7.89. The van der Waals surface area contributed by atoms with Crippen LogP contribution < -0.4 is 0 Å². The van der Waals surface area contributed by atoms with E-state index in [-0.39, 0.29) is 0 Å². The SMILES string of the molecule is Cc1ccc(-c2nn3c(C)nnc3c3ccccc23)cc1S(=O)(=O)N1CCCC1. The second kappa shape index (κ2) is 6.60. The van der Waals surface area contributed by atoms with E-state index in [1.165, 1.54) is 0 Å². The number of benzene rings is 2. The Morgan fingerprint density at radius 3 is 2.41 bits per heavy atom. The van der Waals surface area contributed by atoms with Gasteiger partial charge in [0.25, 0.3) is 0 Å². The van der Waals surface area contributed by atoms with Gasteiger partial charge in [0.2, 0.25) is 10.0 Å². The third kappa shape index (κ3) is 2.82. The van der Waals surface area contributed by atoms with Gasteiger partial charge in [-0.25, -0.2) is 8.42 Å². The molecule has 3 heterocycles. The van der Waals surface area contributed by atoms with Crippen LogP contribution in [0.2, 0.25) is 0 Å². The van der Waals surface area contributed by atoms with Crippen molar-refractivity contribution in [2.45, 2.75) is 31.6 Å². The topological polar surface area (TPSA) is 80.5 Å². The smallest absolute Gasteiger partial charge is 0.207 e. The Bertz CT molecular complexity index is 1350. The second-order valence-electron chi connectivity index (χ2n) is 7.47. The highest BCUT2D eigenvalue weighted by Crippen LogP contribution is 2.32. The van der Waals surface area contributed by atoms with Crippen LogP contribution in [0.5, 0.6) is 0 Å². The molecule has 0 atom stereocenters. The number of hydrogen-bond donors (Lipinski definition) is 0. The van der Waals surface area contributed by atoms with Crippen LogP contribution in [-0.4, -0.2) is 45.6 Å². The second-order valence-corrected chi connectivity index (χ2v) is 9.37. The van der Waals surface area contributed by atoms with E-state index < -0.39 is 10.0 Å². The van der Waals surface area contributed by atoms with Gasteiger partial charge in [-0.2, -0.15) is 13.9 Å². The molecule has 4 aromatic rings. The average molecular weight is 407 g/mol. The molecule has 0 bridgehead atoms. The minimum absolute atomic E-state index is 0.350. The zero-order valence-corrected chi connectivity index (χ0v) is 17.1. The van der Waals surface area contributed by atoms with E-state index >= 15 is 0 Å². The van der Waals surface area contributed by atoms with Crippen LogP contribution >= 0.6 is 0 Å². The lowest BCUT2D eigenvalue weighted by atomic mass is 10.0. The first-order valence-corrected chi connectivity index (χ1v) is 11.1. The molecule has 5 rings (SSSR count). The number of nitrogens with zero attached hydrogens (tertiary/aromatic N) is 5. The Balaban J connectivity index is 1.76. The highest BCUT2D eigenvalue weighted by Gasteiger charge is 2.29. The van der Waals surface area contributed by atoms with Crippen molar-refractivity contribution in [2.75, 3.05) is 13.1 Å². The van der Waals surface area contributed by atoms with E-state index in [0.717, 1.165) is 34.7 Å². The number of aromatic nitrogens is 4. The van der Waals surface area contributed by atoms with Crippen molar-refractivity contribution in [3.05, 3.63) is 53.9 Å². The molecule has 1 aliphatic heterocycles. The average Bonchev–Trinajstić information content (AvgIpc) is 3.39. The Labute approximate surface area is 169 Å². The summed E-state index contributed by atoms with van der Waals surface area (Å²) < 4.78 is 29.7. The molecule has 0 amide bonds. The maximum absolute atomic E-state index is 13.2. The molecule has 0 N–H and O–H groups in total. The summed E-state index contributed by atoms with van der Waals surface area (Å²) in [5, 5.41) is 15.0. The van der Waals surface area contributed by atoms with Crippen LogP contribution in [0.4, 0.5) is 0 Å². The molecule has 2 aromatic carbocycles. The zero-order valence-electron chi connectivity index (χ0n) is 16.3. The molecule has 1 saturated heterocycles. The van der Waals surface area contributed by atoms with Crippen molar-refractivity contribution in [2.24, 2.45) is 0 Å². The van der Waals surface area contributed by atoms with E-state index in [4.69, 9.17) is 5.10 Å². The van der Waals surface area contributed by atoms with Crippen molar-refractivity contribution in [1.29, 1.82) is 0 Å². The van der Waals surface area contributed by atoms with Crippen molar-refractivity contribution >= 4 is 26.4 Å². The summed E-state index contributed by atoms with van der Waals surface area (Å²) in [6.07, 6.45) is 1.82. The largest absolute Gasteiger partial charge is 0.243 e. The first-order chi connectivity index (χ1) is 14.0. The predicted octanol–water partition coefficient (Wildman–Crippen LogP) is 3.35. The molecule has 0 unspecified atom stereocenters. The summed E-state index contributed by atoms with van der Waals surface area (Å²) in [7, 11) is -3.52. The summed E-state index contributed by atoms with van der Waals surface area (Å²) in [4.78, 5) is 0.350. The van der Waals surface area contributed by atoms with Crippen LogP contribution in [0.1, 0.15) is 24.2 Å². The molecule has 1 fully saturated rings. The Hall–Kier alpha value is -2.84.